The summed E-state index contributed by atoms with van der Waals surface area (Å²) in [5.74, 6) is 0. The van der Waals surface area contributed by atoms with E-state index in [1.807, 2.05) is 0 Å². The van der Waals surface area contributed by atoms with Crippen LogP contribution >= 0.6 is 0 Å². The third-order valence-electron chi connectivity index (χ3n) is 4.49. The first kappa shape index (κ1) is 19.2. The highest BCUT2D eigenvalue weighted by molar-refractivity contribution is 6.79. The maximum Gasteiger partial charge on any atom is 0.0536 e. The highest BCUT2D eigenvalue weighted by Gasteiger charge is 2.30. The van der Waals surface area contributed by atoms with Gasteiger partial charge in [0.15, 0.2) is 0 Å². The van der Waals surface area contributed by atoms with Crippen LogP contribution in [-0.2, 0) is 0 Å². The van der Waals surface area contributed by atoms with Crippen molar-refractivity contribution in [1.29, 1.82) is 0 Å². The van der Waals surface area contributed by atoms with Crippen molar-refractivity contribution in [3.8, 4) is 0 Å². The van der Waals surface area contributed by atoms with Crippen molar-refractivity contribution >= 4 is 8.07 Å². The van der Waals surface area contributed by atoms with E-state index in [1.165, 1.54) is 51.5 Å². The van der Waals surface area contributed by atoms with Gasteiger partial charge in [-0.1, -0.05) is 83.5 Å². The fourth-order valence-corrected chi connectivity index (χ4v) is 8.89. The van der Waals surface area contributed by atoms with E-state index >= 15 is 0 Å². The van der Waals surface area contributed by atoms with Crippen LogP contribution < -0.4 is 0 Å². The molecule has 116 valence electrons. The average Bonchev–Trinajstić information content (AvgIpc) is 2.39. The molecule has 0 saturated carbocycles. The topological polar surface area (TPSA) is 3.24 Å². The largest absolute Gasteiger partial charge is 0.309 e. The Morgan fingerprint density at radius 1 is 0.632 bits per heavy atom. The molecule has 0 bridgehead atoms. The van der Waals surface area contributed by atoms with Gasteiger partial charge in [0.2, 0.25) is 0 Å². The Kier molecular flexibility index (Phi) is 12.1. The first-order valence-corrected chi connectivity index (χ1v) is 11.6. The van der Waals surface area contributed by atoms with Crippen LogP contribution in [0.3, 0.4) is 0 Å². The van der Waals surface area contributed by atoms with Crippen LogP contribution in [0.5, 0.6) is 0 Å². The molecule has 2 heteroatoms. The highest BCUT2D eigenvalue weighted by atomic mass is 28.3. The first-order chi connectivity index (χ1) is 9.10. The summed E-state index contributed by atoms with van der Waals surface area (Å²) in [4.78, 5) is 2.36. The van der Waals surface area contributed by atoms with E-state index in [-0.39, 0.29) is 0 Å². The van der Waals surface area contributed by atoms with Gasteiger partial charge < -0.3 is 4.90 Å². The molecule has 0 spiro atoms. The molecular formula is C17H39NSi. The minimum atomic E-state index is -0.952. The van der Waals surface area contributed by atoms with Gasteiger partial charge in [-0.05, 0) is 27.1 Å². The van der Waals surface area contributed by atoms with Gasteiger partial charge in [0, 0.05) is 0 Å². The Balaban J connectivity index is 4.47. The van der Waals surface area contributed by atoms with Crippen molar-refractivity contribution in [3.05, 3.63) is 0 Å². The number of nitrogens with zero attached hydrogens (tertiary/aromatic N) is 1. The van der Waals surface area contributed by atoms with Gasteiger partial charge >= 0.3 is 0 Å². The summed E-state index contributed by atoms with van der Waals surface area (Å²) in [6.07, 6.45) is 10.1. The fraction of sp³-hybridized carbons (Fsp3) is 1.00. The Hall–Kier alpha value is 0.177. The van der Waals surface area contributed by atoms with E-state index < -0.39 is 8.07 Å². The predicted molar refractivity (Wildman–Crippen MR) is 92.9 cm³/mol. The van der Waals surface area contributed by atoms with E-state index in [4.69, 9.17) is 0 Å². The molecular weight excluding hydrogens is 246 g/mol. The lowest BCUT2D eigenvalue weighted by molar-refractivity contribution is 0.407. The molecule has 0 rings (SSSR count). The molecule has 1 nitrogen and oxygen atoms in total. The third-order valence-corrected chi connectivity index (χ3v) is 10.2. The quantitative estimate of drug-likeness (QED) is 0.387. The maximum atomic E-state index is 2.36. The Morgan fingerprint density at radius 3 is 1.32 bits per heavy atom. The molecule has 0 aromatic heterocycles. The lowest BCUT2D eigenvalue weighted by Crippen LogP contribution is -2.34. The van der Waals surface area contributed by atoms with E-state index in [9.17, 15) is 0 Å². The predicted octanol–water partition coefficient (Wildman–Crippen LogP) is 5.79. The van der Waals surface area contributed by atoms with E-state index in [1.54, 1.807) is 24.2 Å². The summed E-state index contributed by atoms with van der Waals surface area (Å²) < 4.78 is 0. The zero-order valence-corrected chi connectivity index (χ0v) is 15.4. The lowest BCUT2D eigenvalue weighted by Gasteiger charge is -2.33. The van der Waals surface area contributed by atoms with Crippen molar-refractivity contribution in [2.75, 3.05) is 20.6 Å². The summed E-state index contributed by atoms with van der Waals surface area (Å²) in [6.45, 7) is 8.37. The molecule has 0 fully saturated rings. The van der Waals surface area contributed by atoms with Gasteiger partial charge in [-0.25, -0.2) is 0 Å². The number of rotatable bonds is 13. The molecule has 0 unspecified atom stereocenters. The van der Waals surface area contributed by atoms with Crippen LogP contribution in [0.4, 0.5) is 0 Å². The van der Waals surface area contributed by atoms with Crippen LogP contribution in [0.1, 0.15) is 65.7 Å². The normalized spacial score (nSPS) is 12.3. The molecule has 0 heterocycles. The van der Waals surface area contributed by atoms with E-state index in [2.05, 4.69) is 39.8 Å². The van der Waals surface area contributed by atoms with Crippen molar-refractivity contribution in [2.45, 2.75) is 89.9 Å². The van der Waals surface area contributed by atoms with Gasteiger partial charge in [0.1, 0.15) is 0 Å². The zero-order valence-electron chi connectivity index (χ0n) is 14.4. The molecule has 0 N–H and O–H groups in total. The summed E-state index contributed by atoms with van der Waals surface area (Å²) >= 11 is 0. The maximum absolute atomic E-state index is 2.36. The Bertz CT molecular complexity index is 170. The number of unbranched alkanes of at least 4 members (excludes halogenated alkanes) is 3. The standard InChI is InChI=1S/C17H39NSi/c1-6-9-14-19(15-10-7-2,16-11-8-3)17-12-13-18(4)5/h6-17H2,1-5H3. The smallest absolute Gasteiger partial charge is 0.0536 e. The zero-order chi connectivity index (χ0) is 14.6. The van der Waals surface area contributed by atoms with Gasteiger partial charge in [0.05, 0.1) is 8.07 Å². The van der Waals surface area contributed by atoms with Crippen LogP contribution in [0.2, 0.25) is 24.2 Å². The monoisotopic (exact) mass is 285 g/mol. The Labute approximate surface area is 124 Å². The second-order valence-corrected chi connectivity index (χ2v) is 11.7. The molecule has 0 atom stereocenters. The van der Waals surface area contributed by atoms with Crippen LogP contribution in [-0.4, -0.2) is 33.6 Å². The van der Waals surface area contributed by atoms with Crippen molar-refractivity contribution < 1.29 is 0 Å². The molecule has 0 aliphatic rings. The summed E-state index contributed by atoms with van der Waals surface area (Å²) in [7, 11) is 3.48. The van der Waals surface area contributed by atoms with Gasteiger partial charge in [0.25, 0.3) is 0 Å². The van der Waals surface area contributed by atoms with E-state index in [0.717, 1.165) is 0 Å². The summed E-state index contributed by atoms with van der Waals surface area (Å²) in [5, 5.41) is 0. The second-order valence-electron chi connectivity index (χ2n) is 6.72. The van der Waals surface area contributed by atoms with Crippen molar-refractivity contribution in [1.82, 2.24) is 4.90 Å². The minimum Gasteiger partial charge on any atom is -0.309 e. The molecule has 0 amide bonds. The molecule has 0 aromatic rings. The van der Waals surface area contributed by atoms with E-state index in [0.29, 0.717) is 0 Å². The van der Waals surface area contributed by atoms with Crippen molar-refractivity contribution in [2.24, 2.45) is 0 Å². The van der Waals surface area contributed by atoms with Crippen molar-refractivity contribution in [3.63, 3.8) is 0 Å². The summed E-state index contributed by atoms with van der Waals surface area (Å²) in [5.41, 5.74) is 0. The molecule has 0 radical (unpaired) electrons. The minimum absolute atomic E-state index is 0.952. The average molecular weight is 286 g/mol. The molecule has 0 saturated heterocycles. The summed E-state index contributed by atoms with van der Waals surface area (Å²) in [6, 6.07) is 6.41. The Morgan fingerprint density at radius 2 is 1.00 bits per heavy atom. The van der Waals surface area contributed by atoms with Crippen LogP contribution in [0.15, 0.2) is 0 Å². The SMILES string of the molecule is CCCC[Si](CCCC)(CCCC)CCCN(C)C. The van der Waals surface area contributed by atoms with Crippen LogP contribution in [0, 0.1) is 0 Å². The molecule has 0 aliphatic heterocycles. The number of hydrogen-bond donors (Lipinski definition) is 0. The lowest BCUT2D eigenvalue weighted by atomic mass is 10.4. The molecule has 19 heavy (non-hydrogen) atoms. The van der Waals surface area contributed by atoms with Gasteiger partial charge in [-0.2, -0.15) is 0 Å². The van der Waals surface area contributed by atoms with Crippen LogP contribution in [0.25, 0.3) is 0 Å². The number of hydrogen-bond acceptors (Lipinski definition) is 1. The fourth-order valence-electron chi connectivity index (χ4n) is 3.18. The van der Waals surface area contributed by atoms with Gasteiger partial charge in [-0.3, -0.25) is 0 Å². The van der Waals surface area contributed by atoms with Gasteiger partial charge in [-0.15, -0.1) is 0 Å². The second kappa shape index (κ2) is 12.0. The third kappa shape index (κ3) is 9.67. The highest BCUT2D eigenvalue weighted by Crippen LogP contribution is 2.33. The molecule has 0 aromatic carbocycles. The first-order valence-electron chi connectivity index (χ1n) is 8.75. The molecule has 0 aliphatic carbocycles.